The first-order chi connectivity index (χ1) is 5.34. The number of nitrogens with zero attached hydrogens (tertiary/aromatic N) is 1. The second-order valence-corrected chi connectivity index (χ2v) is 2.55. The molecule has 0 unspecified atom stereocenters. The predicted octanol–water partition coefficient (Wildman–Crippen LogP) is 1.34. The van der Waals surface area contributed by atoms with Gasteiger partial charge in [0.05, 0.1) is 0 Å². The highest BCUT2D eigenvalue weighted by Gasteiger charge is 2.17. The van der Waals surface area contributed by atoms with Crippen LogP contribution in [0, 0.1) is 6.92 Å². The van der Waals surface area contributed by atoms with Crippen molar-refractivity contribution in [3.05, 3.63) is 6.92 Å². The van der Waals surface area contributed by atoms with Crippen LogP contribution < -0.4 is 0 Å². The molecule has 1 radical (unpaired) electrons. The van der Waals surface area contributed by atoms with Crippen molar-refractivity contribution in [3.63, 3.8) is 0 Å². The Morgan fingerprint density at radius 3 is 2.91 bits per heavy atom. The van der Waals surface area contributed by atoms with E-state index in [0.717, 1.165) is 25.7 Å². The van der Waals surface area contributed by atoms with Crippen molar-refractivity contribution < 1.29 is 9.63 Å². The van der Waals surface area contributed by atoms with Gasteiger partial charge in [0.1, 0.15) is 5.71 Å². The number of rotatable bonds is 4. The van der Waals surface area contributed by atoms with Gasteiger partial charge >= 0.3 is 0 Å². The number of carbonyl (C=O) groups is 1. The van der Waals surface area contributed by atoms with Crippen LogP contribution in [-0.2, 0) is 9.63 Å². The lowest BCUT2D eigenvalue weighted by Crippen LogP contribution is -2.10. The molecule has 0 bridgehead atoms. The van der Waals surface area contributed by atoms with Crippen LogP contribution in [0.5, 0.6) is 0 Å². The standard InChI is InChI=1S/C8H12NO2/c1-2-3-4-5-7-8(10)6-11-9-7/h1-6H2. The number of Topliss-reactive ketones (excluding diaryl/α,β-unsaturated/α-hetero) is 1. The van der Waals surface area contributed by atoms with Gasteiger partial charge in [0.15, 0.2) is 6.61 Å². The highest BCUT2D eigenvalue weighted by molar-refractivity contribution is 6.41. The van der Waals surface area contributed by atoms with Crippen LogP contribution >= 0.6 is 0 Å². The largest absolute Gasteiger partial charge is 0.387 e. The number of unbranched alkanes of at least 4 members (excludes halogenated alkanes) is 2. The summed E-state index contributed by atoms with van der Waals surface area (Å²) in [5.74, 6) is 0.0362. The predicted molar refractivity (Wildman–Crippen MR) is 42.2 cm³/mol. The van der Waals surface area contributed by atoms with Crippen molar-refractivity contribution in [1.29, 1.82) is 0 Å². The third-order valence-corrected chi connectivity index (χ3v) is 1.61. The molecule has 61 valence electrons. The molecule has 11 heavy (non-hydrogen) atoms. The van der Waals surface area contributed by atoms with Gasteiger partial charge in [-0.25, -0.2) is 0 Å². The van der Waals surface area contributed by atoms with Gasteiger partial charge in [-0.05, 0) is 12.8 Å². The third-order valence-electron chi connectivity index (χ3n) is 1.61. The maximum absolute atomic E-state index is 10.9. The monoisotopic (exact) mass is 154 g/mol. The zero-order chi connectivity index (χ0) is 8.10. The maximum atomic E-state index is 10.9. The van der Waals surface area contributed by atoms with Crippen molar-refractivity contribution in [2.45, 2.75) is 25.7 Å². The van der Waals surface area contributed by atoms with Crippen molar-refractivity contribution in [1.82, 2.24) is 0 Å². The van der Waals surface area contributed by atoms with E-state index in [1.165, 1.54) is 0 Å². The second kappa shape index (κ2) is 4.11. The first-order valence-corrected chi connectivity index (χ1v) is 3.86. The smallest absolute Gasteiger partial charge is 0.220 e. The van der Waals surface area contributed by atoms with Crippen LogP contribution in [0.25, 0.3) is 0 Å². The average Bonchev–Trinajstić information content (AvgIpc) is 2.37. The lowest BCUT2D eigenvalue weighted by atomic mass is 10.1. The van der Waals surface area contributed by atoms with Crippen LogP contribution in [0.4, 0.5) is 0 Å². The minimum atomic E-state index is 0.0362. The van der Waals surface area contributed by atoms with E-state index >= 15 is 0 Å². The molecule has 0 saturated heterocycles. The highest BCUT2D eigenvalue weighted by atomic mass is 16.6. The minimum absolute atomic E-state index is 0.0362. The van der Waals surface area contributed by atoms with E-state index in [2.05, 4.69) is 16.9 Å². The van der Waals surface area contributed by atoms with Gasteiger partial charge in [-0.2, -0.15) is 0 Å². The second-order valence-electron chi connectivity index (χ2n) is 2.55. The van der Waals surface area contributed by atoms with Crippen LogP contribution in [0.1, 0.15) is 25.7 Å². The molecule has 1 aliphatic heterocycles. The number of ketones is 1. The van der Waals surface area contributed by atoms with E-state index in [9.17, 15) is 4.79 Å². The molecule has 0 aromatic heterocycles. The molecule has 0 atom stereocenters. The summed E-state index contributed by atoms with van der Waals surface area (Å²) in [4.78, 5) is 15.5. The molecular formula is C8H12NO2. The Kier molecular flexibility index (Phi) is 3.08. The van der Waals surface area contributed by atoms with Crippen molar-refractivity contribution in [2.75, 3.05) is 6.61 Å². The van der Waals surface area contributed by atoms with E-state index in [1.807, 2.05) is 0 Å². The molecule has 0 aromatic rings. The van der Waals surface area contributed by atoms with Crippen LogP contribution in [0.2, 0.25) is 0 Å². The number of hydrogen-bond acceptors (Lipinski definition) is 3. The molecule has 1 rings (SSSR count). The zero-order valence-corrected chi connectivity index (χ0v) is 6.51. The number of oxime groups is 1. The quantitative estimate of drug-likeness (QED) is 0.573. The minimum Gasteiger partial charge on any atom is -0.387 e. The van der Waals surface area contributed by atoms with Gasteiger partial charge in [0.25, 0.3) is 0 Å². The molecule has 0 aromatic carbocycles. The fourth-order valence-corrected chi connectivity index (χ4v) is 0.957. The first-order valence-electron chi connectivity index (χ1n) is 3.86. The van der Waals surface area contributed by atoms with Crippen molar-refractivity contribution in [2.24, 2.45) is 5.16 Å². The summed E-state index contributed by atoms with van der Waals surface area (Å²) in [6.45, 7) is 3.85. The molecule has 1 heterocycles. The molecule has 0 saturated carbocycles. The van der Waals surface area contributed by atoms with Crippen LogP contribution in [0.3, 0.4) is 0 Å². The van der Waals surface area contributed by atoms with Gasteiger partial charge in [0, 0.05) is 0 Å². The molecule has 0 amide bonds. The normalized spacial score (nSPS) is 16.5. The lowest BCUT2D eigenvalue weighted by Gasteiger charge is -1.93. The zero-order valence-electron chi connectivity index (χ0n) is 6.51. The Morgan fingerprint density at radius 2 is 2.36 bits per heavy atom. The van der Waals surface area contributed by atoms with E-state index in [4.69, 9.17) is 0 Å². The fraction of sp³-hybridized carbons (Fsp3) is 0.625. The topological polar surface area (TPSA) is 38.7 Å². The summed E-state index contributed by atoms with van der Waals surface area (Å²) in [6.07, 6.45) is 3.69. The van der Waals surface area contributed by atoms with Gasteiger partial charge in [-0.3, -0.25) is 4.79 Å². The Balaban J connectivity index is 2.20. The van der Waals surface area contributed by atoms with Gasteiger partial charge < -0.3 is 4.84 Å². The number of hydrogen-bond donors (Lipinski definition) is 0. The molecule has 3 heteroatoms. The Labute approximate surface area is 66.4 Å². The third kappa shape index (κ3) is 2.33. The number of carbonyl (C=O) groups excluding carboxylic acids is 1. The summed E-state index contributed by atoms with van der Waals surface area (Å²) < 4.78 is 0. The van der Waals surface area contributed by atoms with Crippen molar-refractivity contribution >= 4 is 11.5 Å². The van der Waals surface area contributed by atoms with Crippen LogP contribution in [-0.4, -0.2) is 18.1 Å². The highest BCUT2D eigenvalue weighted by Crippen LogP contribution is 2.05. The maximum Gasteiger partial charge on any atom is 0.220 e. The molecule has 0 N–H and O–H groups in total. The Hall–Kier alpha value is -0.860. The summed E-state index contributed by atoms with van der Waals surface area (Å²) >= 11 is 0. The summed E-state index contributed by atoms with van der Waals surface area (Å²) in [5, 5.41) is 3.64. The van der Waals surface area contributed by atoms with E-state index in [1.54, 1.807) is 0 Å². The van der Waals surface area contributed by atoms with Crippen LogP contribution in [0.15, 0.2) is 5.16 Å². The van der Waals surface area contributed by atoms with Gasteiger partial charge in [0.2, 0.25) is 5.78 Å². The fourth-order valence-electron chi connectivity index (χ4n) is 0.957. The van der Waals surface area contributed by atoms with Crippen molar-refractivity contribution in [3.8, 4) is 0 Å². The molecular weight excluding hydrogens is 142 g/mol. The molecule has 1 aliphatic rings. The van der Waals surface area contributed by atoms with Gasteiger partial charge in [-0.15, -0.1) is 0 Å². The molecule has 0 spiro atoms. The lowest BCUT2D eigenvalue weighted by molar-refractivity contribution is -0.115. The van der Waals surface area contributed by atoms with Gasteiger partial charge in [-0.1, -0.05) is 24.9 Å². The average molecular weight is 154 g/mol. The summed E-state index contributed by atoms with van der Waals surface area (Å²) in [6, 6.07) is 0. The van der Waals surface area contributed by atoms with E-state index < -0.39 is 0 Å². The summed E-state index contributed by atoms with van der Waals surface area (Å²) in [7, 11) is 0. The van der Waals surface area contributed by atoms with E-state index in [-0.39, 0.29) is 12.4 Å². The Bertz CT molecular complexity index is 175. The summed E-state index contributed by atoms with van der Waals surface area (Å²) in [5.41, 5.74) is 0.596. The SMILES string of the molecule is [CH2]CCCCC1=NOCC1=O. The first kappa shape index (κ1) is 8.24. The molecule has 0 aliphatic carbocycles. The Morgan fingerprint density at radius 1 is 1.55 bits per heavy atom. The van der Waals surface area contributed by atoms with E-state index in [0.29, 0.717) is 5.71 Å². The molecule has 3 nitrogen and oxygen atoms in total. The molecule has 0 fully saturated rings.